The maximum absolute atomic E-state index is 15.0. The largest absolute Gasteiger partial charge is 0.481 e. The number of H-pyrrole nitrogens is 1. The molecule has 2 aromatic heterocycles. The van der Waals surface area contributed by atoms with E-state index >= 15 is 4.39 Å². The number of aliphatic carboxylic acids is 1. The Kier molecular flexibility index (Phi) is 5.81. The summed E-state index contributed by atoms with van der Waals surface area (Å²) in [6.45, 7) is 0. The minimum Gasteiger partial charge on any atom is -0.481 e. The summed E-state index contributed by atoms with van der Waals surface area (Å²) in [5.74, 6) is -0.00328. The van der Waals surface area contributed by atoms with Crippen LogP contribution >= 0.6 is 0 Å². The van der Waals surface area contributed by atoms with E-state index in [4.69, 9.17) is 10.4 Å². The number of carboxylic acid groups (broad SMARTS) is 1. The number of aromatic amines is 1. The molecular formula is C27H23FN4O2. The predicted octanol–water partition coefficient (Wildman–Crippen LogP) is 6.05. The molecule has 0 bridgehead atoms. The molecule has 2 heterocycles. The number of imidazole rings is 1. The fraction of sp³-hybridized carbons (Fsp3) is 0.259. The Hall–Kier alpha value is -4.05. The molecule has 0 atom stereocenters. The van der Waals surface area contributed by atoms with Crippen LogP contribution in [0.4, 0.5) is 4.39 Å². The summed E-state index contributed by atoms with van der Waals surface area (Å²) in [6.07, 6.45) is 5.60. The van der Waals surface area contributed by atoms with Gasteiger partial charge < -0.3 is 10.1 Å². The zero-order chi connectivity index (χ0) is 23.7. The van der Waals surface area contributed by atoms with Gasteiger partial charge in [-0.15, -0.1) is 0 Å². The normalized spacial score (nSPS) is 18.0. The Morgan fingerprint density at radius 3 is 2.50 bits per heavy atom. The first-order valence-corrected chi connectivity index (χ1v) is 11.4. The lowest BCUT2D eigenvalue weighted by Gasteiger charge is -2.28. The Morgan fingerprint density at radius 1 is 1.09 bits per heavy atom. The molecule has 2 N–H and O–H groups in total. The minimum atomic E-state index is -0.712. The molecule has 1 saturated carbocycles. The van der Waals surface area contributed by atoms with Crippen LogP contribution in [0.15, 0.2) is 54.7 Å². The van der Waals surface area contributed by atoms with Crippen molar-refractivity contribution in [3.8, 4) is 28.6 Å². The molecule has 7 heteroatoms. The molecule has 1 aliphatic carbocycles. The topological polar surface area (TPSA) is 103 Å². The van der Waals surface area contributed by atoms with Crippen molar-refractivity contribution in [3.63, 3.8) is 0 Å². The number of carbonyl (C=O) groups is 1. The second kappa shape index (κ2) is 9.06. The van der Waals surface area contributed by atoms with Gasteiger partial charge in [0.1, 0.15) is 17.7 Å². The van der Waals surface area contributed by atoms with Gasteiger partial charge in [0.15, 0.2) is 5.65 Å². The molecule has 1 aliphatic rings. The highest BCUT2D eigenvalue weighted by Gasteiger charge is 2.24. The molecule has 0 aliphatic heterocycles. The predicted molar refractivity (Wildman–Crippen MR) is 126 cm³/mol. The van der Waals surface area contributed by atoms with Gasteiger partial charge >= 0.3 is 5.97 Å². The molecule has 0 spiro atoms. The zero-order valence-electron chi connectivity index (χ0n) is 18.5. The summed E-state index contributed by atoms with van der Waals surface area (Å²) in [5.41, 5.74) is 4.74. The third-order valence-electron chi connectivity index (χ3n) is 6.72. The first-order chi connectivity index (χ1) is 16.5. The molecular weight excluding hydrogens is 431 g/mol. The lowest BCUT2D eigenvalue weighted by molar-refractivity contribution is -0.138. The Labute approximate surface area is 196 Å². The molecule has 0 saturated heterocycles. The van der Waals surface area contributed by atoms with Crippen molar-refractivity contribution >= 4 is 17.1 Å². The second-order valence-electron chi connectivity index (χ2n) is 8.92. The van der Waals surface area contributed by atoms with Crippen LogP contribution in [0.25, 0.3) is 33.7 Å². The monoisotopic (exact) mass is 454 g/mol. The number of nitrogens with one attached hydrogen (secondary N) is 1. The number of fused-ring (bicyclic) bond motifs is 1. The van der Waals surface area contributed by atoms with Gasteiger partial charge in [-0.05, 0) is 72.4 Å². The Morgan fingerprint density at radius 2 is 1.82 bits per heavy atom. The van der Waals surface area contributed by atoms with Gasteiger partial charge in [0.2, 0.25) is 0 Å². The maximum atomic E-state index is 15.0. The van der Waals surface area contributed by atoms with Crippen molar-refractivity contribution < 1.29 is 14.3 Å². The minimum absolute atomic E-state index is 0.263. The SMILES string of the molecule is N#Cc1cnc2nc(-c3ccc(-c4ccc(C5CCC(CC(=O)O)CC5)cc4)cc3F)[nH]c2c1. The number of rotatable bonds is 5. The maximum Gasteiger partial charge on any atom is 0.303 e. The van der Waals surface area contributed by atoms with Gasteiger partial charge in [0, 0.05) is 12.6 Å². The van der Waals surface area contributed by atoms with Crippen LogP contribution in [0.1, 0.15) is 49.1 Å². The van der Waals surface area contributed by atoms with E-state index in [0.717, 1.165) is 36.8 Å². The summed E-state index contributed by atoms with van der Waals surface area (Å²) >= 11 is 0. The number of aromatic nitrogens is 3. The number of benzene rings is 2. The van der Waals surface area contributed by atoms with Gasteiger partial charge in [-0.1, -0.05) is 30.3 Å². The number of hydrogen-bond acceptors (Lipinski definition) is 4. The summed E-state index contributed by atoms with van der Waals surface area (Å²) in [5, 5.41) is 18.0. The van der Waals surface area contributed by atoms with Crippen molar-refractivity contribution in [2.75, 3.05) is 0 Å². The molecule has 4 aromatic rings. The van der Waals surface area contributed by atoms with Crippen molar-refractivity contribution in [2.45, 2.75) is 38.0 Å². The fourth-order valence-corrected chi connectivity index (χ4v) is 4.87. The smallest absolute Gasteiger partial charge is 0.303 e. The number of hydrogen-bond donors (Lipinski definition) is 2. The van der Waals surface area contributed by atoms with E-state index in [-0.39, 0.29) is 12.3 Å². The number of carboxylic acids is 1. The van der Waals surface area contributed by atoms with Gasteiger partial charge in [-0.2, -0.15) is 5.26 Å². The molecule has 5 rings (SSSR count). The van der Waals surface area contributed by atoms with Crippen molar-refractivity contribution in [1.82, 2.24) is 15.0 Å². The van der Waals surface area contributed by atoms with Crippen LogP contribution in [-0.2, 0) is 4.79 Å². The molecule has 0 amide bonds. The van der Waals surface area contributed by atoms with Gasteiger partial charge in [0.05, 0.1) is 16.6 Å². The highest BCUT2D eigenvalue weighted by atomic mass is 19.1. The average molecular weight is 455 g/mol. The highest BCUT2D eigenvalue weighted by molar-refractivity contribution is 5.78. The Bertz CT molecular complexity index is 1400. The Balaban J connectivity index is 1.32. The van der Waals surface area contributed by atoms with Gasteiger partial charge in [-0.3, -0.25) is 4.79 Å². The van der Waals surface area contributed by atoms with Crippen molar-refractivity contribution in [1.29, 1.82) is 5.26 Å². The van der Waals surface area contributed by atoms with E-state index < -0.39 is 11.8 Å². The van der Waals surface area contributed by atoms with E-state index in [1.165, 1.54) is 17.8 Å². The van der Waals surface area contributed by atoms with Crippen LogP contribution in [0, 0.1) is 23.1 Å². The standard InChI is InChI=1S/C27H23FN4O2/c28-23-13-21(9-10-22(23)26-31-24-11-17(14-29)15-30-27(24)32-26)20-7-5-19(6-8-20)18-3-1-16(2-4-18)12-25(33)34/h5-11,13,15-16,18H,1-4,12H2,(H,33,34)(H,30,31,32). The van der Waals surface area contributed by atoms with Crippen LogP contribution in [0.5, 0.6) is 0 Å². The molecule has 6 nitrogen and oxygen atoms in total. The second-order valence-corrected chi connectivity index (χ2v) is 8.92. The molecule has 0 unspecified atom stereocenters. The van der Waals surface area contributed by atoms with E-state index in [2.05, 4.69) is 27.1 Å². The van der Waals surface area contributed by atoms with Crippen LogP contribution < -0.4 is 0 Å². The van der Waals surface area contributed by atoms with Gasteiger partial charge in [-0.25, -0.2) is 14.4 Å². The van der Waals surface area contributed by atoms with Gasteiger partial charge in [0.25, 0.3) is 0 Å². The number of halogens is 1. The summed E-state index contributed by atoms with van der Waals surface area (Å²) in [6, 6.07) is 17.0. The van der Waals surface area contributed by atoms with Crippen LogP contribution in [0.3, 0.4) is 0 Å². The quantitative estimate of drug-likeness (QED) is 0.382. The molecule has 0 radical (unpaired) electrons. The first kappa shape index (κ1) is 21.8. The van der Waals surface area contributed by atoms with E-state index in [9.17, 15) is 4.79 Å². The third kappa shape index (κ3) is 4.40. The zero-order valence-corrected chi connectivity index (χ0v) is 18.5. The van der Waals surface area contributed by atoms with E-state index in [1.807, 2.05) is 24.3 Å². The van der Waals surface area contributed by atoms with E-state index in [0.29, 0.717) is 34.0 Å². The number of pyridine rings is 1. The fourth-order valence-electron chi connectivity index (χ4n) is 4.87. The number of nitriles is 1. The summed E-state index contributed by atoms with van der Waals surface area (Å²) < 4.78 is 15.0. The average Bonchev–Trinajstić information content (AvgIpc) is 3.27. The lowest BCUT2D eigenvalue weighted by atomic mass is 9.77. The summed E-state index contributed by atoms with van der Waals surface area (Å²) in [7, 11) is 0. The van der Waals surface area contributed by atoms with Crippen LogP contribution in [0.2, 0.25) is 0 Å². The number of nitrogens with zero attached hydrogens (tertiary/aromatic N) is 3. The molecule has 34 heavy (non-hydrogen) atoms. The lowest BCUT2D eigenvalue weighted by Crippen LogP contribution is -2.16. The van der Waals surface area contributed by atoms with Crippen LogP contribution in [-0.4, -0.2) is 26.0 Å². The third-order valence-corrected chi connectivity index (χ3v) is 6.72. The van der Waals surface area contributed by atoms with Crippen molar-refractivity contribution in [2.24, 2.45) is 5.92 Å². The van der Waals surface area contributed by atoms with E-state index in [1.54, 1.807) is 12.1 Å². The summed E-state index contributed by atoms with van der Waals surface area (Å²) in [4.78, 5) is 22.5. The molecule has 2 aromatic carbocycles. The first-order valence-electron chi connectivity index (χ1n) is 11.4. The highest BCUT2D eigenvalue weighted by Crippen LogP contribution is 2.38. The van der Waals surface area contributed by atoms with Crippen molar-refractivity contribution in [3.05, 3.63) is 71.7 Å². The molecule has 170 valence electrons. The molecule has 1 fully saturated rings.